The van der Waals surface area contributed by atoms with Crippen LogP contribution in [0.4, 0.5) is 5.82 Å². The summed E-state index contributed by atoms with van der Waals surface area (Å²) in [6.07, 6.45) is 10.6. The first-order valence-corrected chi connectivity index (χ1v) is 11.3. The van der Waals surface area contributed by atoms with Crippen molar-refractivity contribution in [3.05, 3.63) is 67.5 Å². The van der Waals surface area contributed by atoms with Crippen LogP contribution in [0, 0.1) is 0 Å². The van der Waals surface area contributed by atoms with Crippen molar-refractivity contribution < 1.29 is 0 Å². The van der Waals surface area contributed by atoms with Gasteiger partial charge in [-0.25, -0.2) is 9.97 Å². The Morgan fingerprint density at radius 1 is 0.886 bits per heavy atom. The number of nitrogens with one attached hydrogen (secondary N) is 2. The van der Waals surface area contributed by atoms with Crippen molar-refractivity contribution >= 4 is 27.8 Å². The molecular weight excluding hydrogens is 440 g/mol. The number of anilines is 1. The summed E-state index contributed by atoms with van der Waals surface area (Å²) in [4.78, 5) is 27.9. The van der Waals surface area contributed by atoms with E-state index in [1.165, 1.54) is 0 Å². The summed E-state index contributed by atoms with van der Waals surface area (Å²) >= 11 is 0. The van der Waals surface area contributed by atoms with Gasteiger partial charge in [-0.3, -0.25) is 20.1 Å². The molecule has 0 spiro atoms. The van der Waals surface area contributed by atoms with E-state index >= 15 is 0 Å². The van der Waals surface area contributed by atoms with E-state index in [0.29, 0.717) is 5.69 Å². The fourth-order valence-corrected chi connectivity index (χ4v) is 4.53. The molecule has 0 amide bonds. The molecule has 1 aliphatic rings. The molecule has 7 heterocycles. The number of H-pyrrole nitrogens is 2. The van der Waals surface area contributed by atoms with Crippen LogP contribution >= 0.6 is 0 Å². The van der Waals surface area contributed by atoms with Gasteiger partial charge in [0.1, 0.15) is 22.9 Å². The fraction of sp³-hybridized carbons (Fsp3) is 0.120. The molecule has 0 atom stereocenters. The van der Waals surface area contributed by atoms with Crippen LogP contribution in [0.2, 0.25) is 0 Å². The highest BCUT2D eigenvalue weighted by molar-refractivity contribution is 6.00. The number of aromatic nitrogens is 8. The maximum absolute atomic E-state index is 5.93. The molecule has 0 bridgehead atoms. The van der Waals surface area contributed by atoms with Crippen molar-refractivity contribution in [1.82, 2.24) is 40.1 Å². The Labute approximate surface area is 199 Å². The van der Waals surface area contributed by atoms with Gasteiger partial charge in [0.2, 0.25) is 0 Å². The van der Waals surface area contributed by atoms with E-state index in [2.05, 4.69) is 46.1 Å². The smallest absolute Gasteiger partial charge is 0.147 e. The third-order valence-electron chi connectivity index (χ3n) is 6.34. The number of nitrogens with two attached hydrogens (primary N) is 1. The third kappa shape index (κ3) is 3.30. The molecule has 0 aromatic carbocycles. The highest BCUT2D eigenvalue weighted by atomic mass is 15.3. The lowest BCUT2D eigenvalue weighted by molar-refractivity contribution is 0.514. The van der Waals surface area contributed by atoms with Crippen LogP contribution in [-0.4, -0.2) is 59.2 Å². The Morgan fingerprint density at radius 2 is 1.77 bits per heavy atom. The van der Waals surface area contributed by atoms with Crippen LogP contribution in [0.25, 0.3) is 55.8 Å². The molecule has 0 radical (unpaired) electrons. The van der Waals surface area contributed by atoms with Crippen molar-refractivity contribution in [3.8, 4) is 33.9 Å². The molecule has 1 saturated heterocycles. The topological polar surface area (TPSA) is 138 Å². The van der Waals surface area contributed by atoms with Crippen LogP contribution in [0.3, 0.4) is 0 Å². The Bertz CT molecular complexity index is 1680. The van der Waals surface area contributed by atoms with Gasteiger partial charge in [-0.15, -0.1) is 0 Å². The van der Waals surface area contributed by atoms with Crippen molar-refractivity contribution in [1.29, 1.82) is 0 Å². The second-order valence-electron chi connectivity index (χ2n) is 8.65. The highest BCUT2D eigenvalue weighted by Gasteiger charge is 2.25. The van der Waals surface area contributed by atoms with Gasteiger partial charge in [-0.2, -0.15) is 5.10 Å². The predicted molar refractivity (Wildman–Crippen MR) is 133 cm³/mol. The van der Waals surface area contributed by atoms with Crippen molar-refractivity contribution in [2.45, 2.75) is 6.04 Å². The van der Waals surface area contributed by atoms with E-state index in [1.54, 1.807) is 37.2 Å². The Balaban J connectivity index is 1.31. The average molecular weight is 461 g/mol. The molecule has 1 fully saturated rings. The van der Waals surface area contributed by atoms with Gasteiger partial charge in [0.15, 0.2) is 0 Å². The first-order valence-electron chi connectivity index (χ1n) is 11.3. The molecule has 6 aromatic rings. The quantitative estimate of drug-likeness (QED) is 0.365. The number of nitrogens with zero attached hydrogens (tertiary/aromatic N) is 7. The first kappa shape index (κ1) is 19.7. The predicted octanol–water partition coefficient (Wildman–Crippen LogP) is 3.17. The number of hydrogen-bond donors (Lipinski definition) is 3. The molecule has 10 heteroatoms. The molecule has 4 N–H and O–H groups in total. The van der Waals surface area contributed by atoms with E-state index in [-0.39, 0.29) is 6.04 Å². The summed E-state index contributed by atoms with van der Waals surface area (Å²) < 4.78 is 0. The maximum atomic E-state index is 5.93. The molecule has 0 aliphatic carbocycles. The van der Waals surface area contributed by atoms with Gasteiger partial charge in [-0.1, -0.05) is 0 Å². The largest absolute Gasteiger partial charge is 0.352 e. The van der Waals surface area contributed by atoms with Gasteiger partial charge >= 0.3 is 0 Å². The maximum Gasteiger partial charge on any atom is 0.147 e. The van der Waals surface area contributed by atoms with Crippen molar-refractivity contribution in [2.75, 3.05) is 18.0 Å². The molecular formula is C25H20N10. The van der Waals surface area contributed by atoms with Gasteiger partial charge in [0.05, 0.1) is 35.5 Å². The van der Waals surface area contributed by atoms with E-state index in [1.807, 2.05) is 24.3 Å². The second kappa shape index (κ2) is 7.67. The normalized spacial score (nSPS) is 14.0. The minimum Gasteiger partial charge on any atom is -0.352 e. The molecule has 10 nitrogen and oxygen atoms in total. The summed E-state index contributed by atoms with van der Waals surface area (Å²) in [5.41, 5.74) is 12.8. The standard InChI is InChI=1S/C25H20N10/c26-15-12-35(13-15)23-11-28-9-22(31-23)19-8-18-21(10-30-19)33-34-24(18)20-7-17-16(3-6-29-25(17)32-20)14-1-4-27-5-2-14/h1-11,15H,12-13,26H2,(H,29,32)(H,33,34). The lowest BCUT2D eigenvalue weighted by Crippen LogP contribution is -2.56. The molecule has 7 rings (SSSR count). The Hall–Kier alpha value is -4.70. The first-order chi connectivity index (χ1) is 17.2. The highest BCUT2D eigenvalue weighted by Crippen LogP contribution is 2.34. The summed E-state index contributed by atoms with van der Waals surface area (Å²) in [5.74, 6) is 0.809. The molecule has 6 aromatic heterocycles. The van der Waals surface area contributed by atoms with E-state index in [0.717, 1.165) is 69.1 Å². The Morgan fingerprint density at radius 3 is 2.63 bits per heavy atom. The number of fused-ring (bicyclic) bond motifs is 2. The van der Waals surface area contributed by atoms with Gasteiger partial charge in [-0.05, 0) is 41.5 Å². The molecule has 1 aliphatic heterocycles. The summed E-state index contributed by atoms with van der Waals surface area (Å²) in [6, 6.07) is 10.3. The summed E-state index contributed by atoms with van der Waals surface area (Å²) in [7, 11) is 0. The molecule has 35 heavy (non-hydrogen) atoms. The van der Waals surface area contributed by atoms with Crippen molar-refractivity contribution in [3.63, 3.8) is 0 Å². The fourth-order valence-electron chi connectivity index (χ4n) is 4.53. The van der Waals surface area contributed by atoms with Crippen LogP contribution in [0.1, 0.15) is 0 Å². The zero-order valence-corrected chi connectivity index (χ0v) is 18.6. The van der Waals surface area contributed by atoms with Gasteiger partial charge in [0, 0.05) is 48.5 Å². The SMILES string of the molecule is NC1CN(c2cncc(-c3cc4c(-c5cc6c(-c7ccncc7)ccnc6[nH]5)n[nH]c4cn3)n2)C1. The van der Waals surface area contributed by atoms with Crippen LogP contribution in [0.15, 0.2) is 67.5 Å². The lowest BCUT2D eigenvalue weighted by Gasteiger charge is -2.37. The number of pyridine rings is 3. The number of aromatic amines is 2. The monoisotopic (exact) mass is 460 g/mol. The third-order valence-corrected chi connectivity index (χ3v) is 6.34. The van der Waals surface area contributed by atoms with E-state index in [9.17, 15) is 0 Å². The minimum atomic E-state index is 0.188. The van der Waals surface area contributed by atoms with E-state index < -0.39 is 0 Å². The average Bonchev–Trinajstić information content (AvgIpc) is 3.51. The van der Waals surface area contributed by atoms with Crippen LogP contribution in [-0.2, 0) is 0 Å². The van der Waals surface area contributed by atoms with Crippen molar-refractivity contribution in [2.24, 2.45) is 5.73 Å². The summed E-state index contributed by atoms with van der Waals surface area (Å²) in [5, 5.41) is 9.63. The lowest BCUT2D eigenvalue weighted by atomic mass is 10.0. The number of rotatable bonds is 4. The zero-order chi connectivity index (χ0) is 23.4. The molecule has 170 valence electrons. The number of hydrogen-bond acceptors (Lipinski definition) is 8. The molecule has 0 saturated carbocycles. The van der Waals surface area contributed by atoms with Crippen LogP contribution in [0.5, 0.6) is 0 Å². The van der Waals surface area contributed by atoms with Crippen LogP contribution < -0.4 is 10.6 Å². The summed E-state index contributed by atoms with van der Waals surface area (Å²) in [6.45, 7) is 1.57. The molecule has 0 unspecified atom stereocenters. The Kier molecular flexibility index (Phi) is 4.33. The minimum absolute atomic E-state index is 0.188. The zero-order valence-electron chi connectivity index (χ0n) is 18.6. The van der Waals surface area contributed by atoms with E-state index in [4.69, 9.17) is 10.7 Å². The van der Waals surface area contributed by atoms with Gasteiger partial charge in [0.25, 0.3) is 0 Å². The van der Waals surface area contributed by atoms with Gasteiger partial charge < -0.3 is 15.6 Å². The second-order valence-corrected chi connectivity index (χ2v) is 8.65.